The van der Waals surface area contributed by atoms with Crippen molar-refractivity contribution in [3.8, 4) is 0 Å². The molecule has 0 aromatic heterocycles. The quantitative estimate of drug-likeness (QED) is 0.688. The second-order valence-electron chi connectivity index (χ2n) is 5.68. The van der Waals surface area contributed by atoms with Crippen LogP contribution in [-0.4, -0.2) is 68.9 Å². The van der Waals surface area contributed by atoms with Crippen molar-refractivity contribution in [1.29, 1.82) is 0 Å². The Bertz CT molecular complexity index is 506. The number of rotatable bonds is 3. The number of amides is 2. The first kappa shape index (κ1) is 16.2. The largest absolute Gasteiger partial charge is 0.357 e. The Balaban J connectivity index is 1.99. The molecule has 2 unspecified atom stereocenters. The van der Waals surface area contributed by atoms with Crippen molar-refractivity contribution in [3.05, 3.63) is 0 Å². The Morgan fingerprint density at radius 2 is 2.10 bits per heavy atom. The second kappa shape index (κ2) is 6.74. The van der Waals surface area contributed by atoms with Crippen LogP contribution in [0.2, 0.25) is 0 Å². The number of nitrogens with zero attached hydrogens (tertiary/aromatic N) is 1. The van der Waals surface area contributed by atoms with Crippen LogP contribution in [-0.2, 0) is 19.4 Å². The summed E-state index contributed by atoms with van der Waals surface area (Å²) in [5, 5.41) is 5.67. The maximum atomic E-state index is 12.4. The smallest absolute Gasteiger partial charge is 0.242 e. The molecule has 2 fully saturated rings. The molecular weight excluding hydrogens is 294 g/mol. The van der Waals surface area contributed by atoms with Gasteiger partial charge in [-0.15, -0.1) is 0 Å². The van der Waals surface area contributed by atoms with Crippen LogP contribution >= 0.6 is 0 Å². The van der Waals surface area contributed by atoms with Gasteiger partial charge in [0.2, 0.25) is 11.8 Å². The summed E-state index contributed by atoms with van der Waals surface area (Å²) in [4.78, 5) is 25.9. The van der Waals surface area contributed by atoms with E-state index in [2.05, 4.69) is 10.6 Å². The average Bonchev–Trinajstić information content (AvgIpc) is 2.45. The van der Waals surface area contributed by atoms with Crippen molar-refractivity contribution >= 4 is 21.7 Å². The van der Waals surface area contributed by atoms with Gasteiger partial charge in [0.25, 0.3) is 0 Å². The van der Waals surface area contributed by atoms with Gasteiger partial charge < -0.3 is 15.5 Å². The Morgan fingerprint density at radius 1 is 1.33 bits per heavy atom. The summed E-state index contributed by atoms with van der Waals surface area (Å²) >= 11 is 0. The van der Waals surface area contributed by atoms with E-state index in [4.69, 9.17) is 0 Å². The van der Waals surface area contributed by atoms with Crippen LogP contribution in [0.4, 0.5) is 0 Å². The number of nitrogens with one attached hydrogen (secondary N) is 2. The van der Waals surface area contributed by atoms with Crippen LogP contribution in [0.1, 0.15) is 25.7 Å². The molecule has 21 heavy (non-hydrogen) atoms. The minimum atomic E-state index is -3.06. The highest BCUT2D eigenvalue weighted by Gasteiger charge is 2.34. The first-order valence-corrected chi connectivity index (χ1v) is 9.20. The summed E-state index contributed by atoms with van der Waals surface area (Å²) in [5.41, 5.74) is 0. The molecule has 2 atom stereocenters. The number of carbonyl (C=O) groups is 2. The van der Waals surface area contributed by atoms with Gasteiger partial charge in [0.15, 0.2) is 9.84 Å². The number of hydrogen-bond acceptors (Lipinski definition) is 5. The van der Waals surface area contributed by atoms with Gasteiger partial charge in [0, 0.05) is 32.6 Å². The molecule has 7 nitrogen and oxygen atoms in total. The van der Waals surface area contributed by atoms with E-state index >= 15 is 0 Å². The summed E-state index contributed by atoms with van der Waals surface area (Å²) in [6, 6.07) is -0.764. The molecule has 2 rings (SSSR count). The third kappa shape index (κ3) is 4.16. The van der Waals surface area contributed by atoms with E-state index in [0.717, 1.165) is 12.8 Å². The van der Waals surface area contributed by atoms with Gasteiger partial charge in [-0.25, -0.2) is 8.42 Å². The number of carbonyl (C=O) groups excluding carboxylic acids is 2. The maximum Gasteiger partial charge on any atom is 0.242 e. The molecule has 0 radical (unpaired) electrons. The standard InChI is InChI=1S/C13H23N3O4S/c1-14-13(18)11-4-2-3-6-16(11)12(17)8-10-9-21(19,20)7-5-15-10/h10-11,15H,2-9H2,1H3,(H,14,18). The molecule has 2 N–H and O–H groups in total. The molecule has 2 heterocycles. The van der Waals surface area contributed by atoms with Crippen molar-refractivity contribution in [2.45, 2.75) is 37.8 Å². The number of likely N-dealkylation sites (N-methyl/N-ethyl adjacent to an activating group) is 1. The molecule has 0 aromatic rings. The predicted molar refractivity (Wildman–Crippen MR) is 78.5 cm³/mol. The molecule has 0 aliphatic carbocycles. The molecule has 2 saturated heterocycles. The Morgan fingerprint density at radius 3 is 2.76 bits per heavy atom. The predicted octanol–water partition coefficient (Wildman–Crippen LogP) is -1.11. The molecular formula is C13H23N3O4S. The zero-order chi connectivity index (χ0) is 15.5. The SMILES string of the molecule is CNC(=O)C1CCCCN1C(=O)CC1CS(=O)(=O)CCN1. The lowest BCUT2D eigenvalue weighted by Crippen LogP contribution is -2.54. The van der Waals surface area contributed by atoms with E-state index in [1.165, 1.54) is 0 Å². The molecule has 120 valence electrons. The van der Waals surface area contributed by atoms with Gasteiger partial charge in [-0.05, 0) is 19.3 Å². The van der Waals surface area contributed by atoms with E-state index in [1.807, 2.05) is 0 Å². The van der Waals surface area contributed by atoms with Crippen LogP contribution in [0.3, 0.4) is 0 Å². The minimum absolute atomic E-state index is 0.00276. The van der Waals surface area contributed by atoms with Crippen molar-refractivity contribution in [1.82, 2.24) is 15.5 Å². The van der Waals surface area contributed by atoms with Gasteiger partial charge in [-0.3, -0.25) is 9.59 Å². The molecule has 0 bridgehead atoms. The fraction of sp³-hybridized carbons (Fsp3) is 0.846. The lowest BCUT2D eigenvalue weighted by Gasteiger charge is -2.35. The van der Waals surface area contributed by atoms with Crippen molar-refractivity contribution in [3.63, 3.8) is 0 Å². The van der Waals surface area contributed by atoms with Crippen molar-refractivity contribution in [2.24, 2.45) is 0 Å². The molecule has 0 aromatic carbocycles. The van der Waals surface area contributed by atoms with Crippen molar-refractivity contribution in [2.75, 3.05) is 31.6 Å². The lowest BCUT2D eigenvalue weighted by atomic mass is 10.0. The summed E-state index contributed by atoms with van der Waals surface area (Å²) in [5.74, 6) is -0.162. The van der Waals surface area contributed by atoms with E-state index in [0.29, 0.717) is 19.5 Å². The minimum Gasteiger partial charge on any atom is -0.357 e. The fourth-order valence-corrected chi connectivity index (χ4v) is 4.44. The fourth-order valence-electron chi connectivity index (χ4n) is 3.00. The topological polar surface area (TPSA) is 95.6 Å². The second-order valence-corrected chi connectivity index (χ2v) is 7.91. The molecule has 8 heteroatoms. The summed E-state index contributed by atoms with van der Waals surface area (Å²) in [6.45, 7) is 0.954. The highest BCUT2D eigenvalue weighted by atomic mass is 32.2. The normalized spacial score (nSPS) is 28.9. The average molecular weight is 317 g/mol. The molecule has 2 aliphatic heterocycles. The Hall–Kier alpha value is -1.15. The van der Waals surface area contributed by atoms with Gasteiger partial charge in [0.05, 0.1) is 11.5 Å². The molecule has 0 spiro atoms. The lowest BCUT2D eigenvalue weighted by molar-refractivity contribution is -0.142. The van der Waals surface area contributed by atoms with Crippen LogP contribution in [0, 0.1) is 0 Å². The Kier molecular flexibility index (Phi) is 5.21. The Labute approximate surface area is 125 Å². The number of hydrogen-bond donors (Lipinski definition) is 2. The molecule has 2 amide bonds. The van der Waals surface area contributed by atoms with Gasteiger partial charge in [-0.2, -0.15) is 0 Å². The third-order valence-electron chi connectivity index (χ3n) is 4.09. The van der Waals surface area contributed by atoms with Crippen LogP contribution < -0.4 is 10.6 Å². The first-order valence-electron chi connectivity index (χ1n) is 7.38. The van der Waals surface area contributed by atoms with E-state index in [1.54, 1.807) is 11.9 Å². The highest BCUT2D eigenvalue weighted by Crippen LogP contribution is 2.19. The summed E-state index contributed by atoms with van der Waals surface area (Å²) in [6.07, 6.45) is 2.61. The van der Waals surface area contributed by atoms with Gasteiger partial charge >= 0.3 is 0 Å². The number of piperidine rings is 1. The molecule has 2 aliphatic rings. The summed E-state index contributed by atoms with van der Waals surface area (Å²) < 4.78 is 23.2. The summed E-state index contributed by atoms with van der Waals surface area (Å²) in [7, 11) is -1.49. The molecule has 0 saturated carbocycles. The van der Waals surface area contributed by atoms with Gasteiger partial charge in [0.1, 0.15) is 6.04 Å². The maximum absolute atomic E-state index is 12.4. The number of sulfone groups is 1. The van der Waals surface area contributed by atoms with Crippen LogP contribution in [0.25, 0.3) is 0 Å². The third-order valence-corrected chi connectivity index (χ3v) is 5.83. The zero-order valence-electron chi connectivity index (χ0n) is 12.3. The number of likely N-dealkylation sites (tertiary alicyclic amines) is 1. The highest BCUT2D eigenvalue weighted by molar-refractivity contribution is 7.91. The van der Waals surface area contributed by atoms with Crippen LogP contribution in [0.15, 0.2) is 0 Å². The van der Waals surface area contributed by atoms with E-state index in [9.17, 15) is 18.0 Å². The van der Waals surface area contributed by atoms with Crippen molar-refractivity contribution < 1.29 is 18.0 Å². The van der Waals surface area contributed by atoms with Crippen LogP contribution in [0.5, 0.6) is 0 Å². The first-order chi connectivity index (χ1) is 9.93. The zero-order valence-corrected chi connectivity index (χ0v) is 13.1. The van der Waals surface area contributed by atoms with E-state index in [-0.39, 0.29) is 35.8 Å². The van der Waals surface area contributed by atoms with Gasteiger partial charge in [-0.1, -0.05) is 0 Å². The van der Waals surface area contributed by atoms with E-state index < -0.39 is 15.9 Å². The monoisotopic (exact) mass is 317 g/mol.